The van der Waals surface area contributed by atoms with E-state index in [1.807, 2.05) is 13.0 Å². The third kappa shape index (κ3) is 4.57. The third-order valence-electron chi connectivity index (χ3n) is 3.50. The Balaban J connectivity index is 2.00. The van der Waals surface area contributed by atoms with Crippen LogP contribution in [0.2, 0.25) is 0 Å². The van der Waals surface area contributed by atoms with Crippen LogP contribution in [0.25, 0.3) is 0 Å². The predicted octanol–water partition coefficient (Wildman–Crippen LogP) is 2.39. The molecule has 0 fully saturated rings. The number of benzene rings is 2. The highest BCUT2D eigenvalue weighted by Gasteiger charge is 2.22. The van der Waals surface area contributed by atoms with Crippen LogP contribution in [0.5, 0.6) is 5.75 Å². The van der Waals surface area contributed by atoms with Crippen molar-refractivity contribution in [3.8, 4) is 11.8 Å². The van der Waals surface area contributed by atoms with Gasteiger partial charge in [-0.2, -0.15) is 5.26 Å². The van der Waals surface area contributed by atoms with E-state index in [0.29, 0.717) is 16.9 Å². The van der Waals surface area contributed by atoms with Gasteiger partial charge < -0.3 is 9.84 Å². The first-order valence-electron chi connectivity index (χ1n) is 7.43. The summed E-state index contributed by atoms with van der Waals surface area (Å²) in [6.45, 7) is 3.49. The van der Waals surface area contributed by atoms with Gasteiger partial charge in [0.25, 0.3) is 0 Å². The van der Waals surface area contributed by atoms with Crippen LogP contribution in [0.3, 0.4) is 0 Å². The Bertz CT molecular complexity index is 852. The summed E-state index contributed by atoms with van der Waals surface area (Å²) < 4.78 is 30.2. The van der Waals surface area contributed by atoms with E-state index in [2.05, 4.69) is 0 Å². The largest absolute Gasteiger partial charge is 0.491 e. The molecule has 0 aliphatic rings. The minimum Gasteiger partial charge on any atom is -0.491 e. The summed E-state index contributed by atoms with van der Waals surface area (Å²) in [5, 5.41) is 18.7. The second-order valence-corrected chi connectivity index (χ2v) is 7.65. The topological polar surface area (TPSA) is 87.4 Å². The Morgan fingerprint density at radius 3 is 2.42 bits per heavy atom. The van der Waals surface area contributed by atoms with Gasteiger partial charge in [-0.05, 0) is 49.7 Å². The van der Waals surface area contributed by atoms with Crippen molar-refractivity contribution in [1.29, 1.82) is 5.26 Å². The fourth-order valence-corrected chi connectivity index (χ4v) is 3.96. The monoisotopic (exact) mass is 345 g/mol. The molecule has 2 rings (SSSR count). The summed E-state index contributed by atoms with van der Waals surface area (Å²) in [6.07, 6.45) is -1.15. The first kappa shape index (κ1) is 18.0. The number of ether oxygens (including phenoxy) is 1. The lowest BCUT2D eigenvalue weighted by Crippen LogP contribution is -2.27. The lowest BCUT2D eigenvalue weighted by atomic mass is 10.2. The molecule has 126 valence electrons. The van der Waals surface area contributed by atoms with Crippen LogP contribution in [0, 0.1) is 25.2 Å². The maximum Gasteiger partial charge on any atom is 0.181 e. The highest BCUT2D eigenvalue weighted by molar-refractivity contribution is 7.91. The number of hydrogen-bond acceptors (Lipinski definition) is 5. The number of sulfone groups is 1. The molecule has 0 radical (unpaired) electrons. The predicted molar refractivity (Wildman–Crippen MR) is 90.6 cm³/mol. The zero-order chi connectivity index (χ0) is 17.7. The Hall–Kier alpha value is -2.36. The van der Waals surface area contributed by atoms with Gasteiger partial charge in [-0.1, -0.05) is 17.7 Å². The molecule has 0 unspecified atom stereocenters. The molecule has 0 heterocycles. The standard InChI is InChI=1S/C18H19NO4S/c1-13-3-8-18(14(2)9-13)24(21,22)12-16(20)11-23-17-6-4-15(10-19)5-7-17/h3-9,16,20H,11-12H2,1-2H3/t16-/m1/s1. The van der Waals surface area contributed by atoms with Gasteiger partial charge in [0.05, 0.1) is 22.3 Å². The van der Waals surface area contributed by atoms with Gasteiger partial charge in [0.15, 0.2) is 9.84 Å². The average Bonchev–Trinajstić information content (AvgIpc) is 2.52. The summed E-state index contributed by atoms with van der Waals surface area (Å²) in [6, 6.07) is 13.5. The summed E-state index contributed by atoms with van der Waals surface area (Å²) in [5.41, 5.74) is 2.15. The molecule has 2 aromatic carbocycles. The van der Waals surface area contributed by atoms with Crippen molar-refractivity contribution in [3.63, 3.8) is 0 Å². The maximum absolute atomic E-state index is 12.4. The zero-order valence-corrected chi connectivity index (χ0v) is 14.4. The minimum absolute atomic E-state index is 0.143. The highest BCUT2D eigenvalue weighted by atomic mass is 32.2. The van der Waals surface area contributed by atoms with E-state index in [1.165, 1.54) is 0 Å². The van der Waals surface area contributed by atoms with Crippen LogP contribution in [-0.4, -0.2) is 32.0 Å². The Morgan fingerprint density at radius 1 is 1.17 bits per heavy atom. The molecule has 0 bridgehead atoms. The van der Waals surface area contributed by atoms with Gasteiger partial charge in [0, 0.05) is 0 Å². The lowest BCUT2D eigenvalue weighted by molar-refractivity contribution is 0.125. The smallest absolute Gasteiger partial charge is 0.181 e. The van der Waals surface area contributed by atoms with Gasteiger partial charge >= 0.3 is 0 Å². The highest BCUT2D eigenvalue weighted by Crippen LogP contribution is 2.19. The molecule has 5 nitrogen and oxygen atoms in total. The SMILES string of the molecule is Cc1ccc(S(=O)(=O)C[C@H](O)COc2ccc(C#N)cc2)c(C)c1. The molecule has 0 aliphatic heterocycles. The van der Waals surface area contributed by atoms with Gasteiger partial charge in [-0.3, -0.25) is 0 Å². The average molecular weight is 345 g/mol. The number of aryl methyl sites for hydroxylation is 2. The Kier molecular flexibility index (Phi) is 5.60. The van der Waals surface area contributed by atoms with Gasteiger partial charge in [0.1, 0.15) is 18.5 Å². The van der Waals surface area contributed by atoms with Crippen LogP contribution in [-0.2, 0) is 9.84 Å². The molecule has 6 heteroatoms. The maximum atomic E-state index is 12.4. The number of aliphatic hydroxyl groups is 1. The number of nitrogens with zero attached hydrogens (tertiary/aromatic N) is 1. The fourth-order valence-electron chi connectivity index (χ4n) is 2.36. The van der Waals surface area contributed by atoms with Gasteiger partial charge in [-0.25, -0.2) is 8.42 Å². The number of hydrogen-bond donors (Lipinski definition) is 1. The van der Waals surface area contributed by atoms with E-state index >= 15 is 0 Å². The second kappa shape index (κ2) is 7.47. The summed E-state index contributed by atoms with van der Waals surface area (Å²) in [5.74, 6) is 0.0599. The van der Waals surface area contributed by atoms with Gasteiger partial charge in [0.2, 0.25) is 0 Å². The van der Waals surface area contributed by atoms with Crippen molar-refractivity contribution in [1.82, 2.24) is 0 Å². The summed E-state index contributed by atoms with van der Waals surface area (Å²) >= 11 is 0. The minimum atomic E-state index is -3.60. The van der Waals surface area contributed by atoms with Crippen LogP contribution in [0.15, 0.2) is 47.4 Å². The van der Waals surface area contributed by atoms with Crippen molar-refractivity contribution < 1.29 is 18.3 Å². The fraction of sp³-hybridized carbons (Fsp3) is 0.278. The van der Waals surface area contributed by atoms with E-state index in [1.54, 1.807) is 49.4 Å². The number of nitriles is 1. The van der Waals surface area contributed by atoms with Crippen molar-refractivity contribution >= 4 is 9.84 Å². The van der Waals surface area contributed by atoms with Gasteiger partial charge in [-0.15, -0.1) is 0 Å². The molecular weight excluding hydrogens is 326 g/mol. The number of aliphatic hydroxyl groups excluding tert-OH is 1. The molecule has 0 aliphatic carbocycles. The molecule has 24 heavy (non-hydrogen) atoms. The first-order chi connectivity index (χ1) is 11.3. The van der Waals surface area contributed by atoms with E-state index < -0.39 is 21.7 Å². The molecule has 0 saturated carbocycles. The van der Waals surface area contributed by atoms with Crippen LogP contribution < -0.4 is 4.74 Å². The van der Waals surface area contributed by atoms with Crippen LogP contribution >= 0.6 is 0 Å². The zero-order valence-electron chi connectivity index (χ0n) is 13.6. The normalized spacial score (nSPS) is 12.4. The molecule has 0 amide bonds. The lowest BCUT2D eigenvalue weighted by Gasteiger charge is -2.14. The number of rotatable bonds is 6. The molecule has 0 aromatic heterocycles. The molecule has 0 saturated heterocycles. The van der Waals surface area contributed by atoms with Crippen LogP contribution in [0.4, 0.5) is 0 Å². The van der Waals surface area contributed by atoms with Crippen LogP contribution in [0.1, 0.15) is 16.7 Å². The van der Waals surface area contributed by atoms with Crippen molar-refractivity contribution in [2.45, 2.75) is 24.8 Å². The van der Waals surface area contributed by atoms with E-state index in [-0.39, 0.29) is 11.5 Å². The van der Waals surface area contributed by atoms with E-state index in [0.717, 1.165) is 5.56 Å². The van der Waals surface area contributed by atoms with Crippen molar-refractivity contribution in [2.24, 2.45) is 0 Å². The molecule has 2 aromatic rings. The molecule has 1 atom stereocenters. The first-order valence-corrected chi connectivity index (χ1v) is 9.08. The Morgan fingerprint density at radius 2 is 1.83 bits per heavy atom. The van der Waals surface area contributed by atoms with Crippen molar-refractivity contribution in [2.75, 3.05) is 12.4 Å². The second-order valence-electron chi connectivity index (χ2n) is 5.65. The quantitative estimate of drug-likeness (QED) is 0.868. The van der Waals surface area contributed by atoms with E-state index in [9.17, 15) is 13.5 Å². The molecular formula is C18H19NO4S. The Labute approximate surface area is 142 Å². The summed E-state index contributed by atoms with van der Waals surface area (Å²) in [7, 11) is -3.60. The molecule has 1 N–H and O–H groups in total. The summed E-state index contributed by atoms with van der Waals surface area (Å²) in [4.78, 5) is 0.227. The van der Waals surface area contributed by atoms with Crippen molar-refractivity contribution in [3.05, 3.63) is 59.2 Å². The molecule has 0 spiro atoms. The third-order valence-corrected chi connectivity index (χ3v) is 5.45. The van der Waals surface area contributed by atoms with E-state index in [4.69, 9.17) is 10.00 Å².